The first-order valence-corrected chi connectivity index (χ1v) is 42.1. The van der Waals surface area contributed by atoms with E-state index < -0.39 is 12.1 Å². The van der Waals surface area contributed by atoms with E-state index in [1.165, 1.54) is 417 Å². The zero-order chi connectivity index (χ0) is 65.6. The predicted molar refractivity (Wildman–Crippen MR) is 403 cm³/mol. The van der Waals surface area contributed by atoms with Crippen molar-refractivity contribution in [2.24, 2.45) is 0 Å². The number of aliphatic hydroxyl groups excluding tert-OH is 2. The molecule has 6 nitrogen and oxygen atoms in total. The molecule has 1 amide bonds. The molecule has 0 rings (SSSR count). The summed E-state index contributed by atoms with van der Waals surface area (Å²) in [5, 5.41) is 23.3. The van der Waals surface area contributed by atoms with Gasteiger partial charge in [-0.05, 0) is 57.8 Å². The summed E-state index contributed by atoms with van der Waals surface area (Å²) in [5.74, 6) is -0.0345. The lowest BCUT2D eigenvalue weighted by Gasteiger charge is -2.20. The molecule has 0 bridgehead atoms. The fourth-order valence-corrected chi connectivity index (χ4v) is 13.6. The quantitative estimate of drug-likeness (QED) is 0.0320. The molecular formula is C85H165NO5. The predicted octanol–water partition coefficient (Wildman–Crippen LogP) is 28.0. The van der Waals surface area contributed by atoms with Gasteiger partial charge in [0, 0.05) is 12.8 Å². The monoisotopic (exact) mass is 1280 g/mol. The summed E-state index contributed by atoms with van der Waals surface area (Å²) >= 11 is 0. The normalized spacial score (nSPS) is 12.5. The highest BCUT2D eigenvalue weighted by molar-refractivity contribution is 5.76. The van der Waals surface area contributed by atoms with Crippen LogP contribution in [-0.2, 0) is 14.3 Å². The van der Waals surface area contributed by atoms with E-state index in [2.05, 4.69) is 31.3 Å². The second-order valence-electron chi connectivity index (χ2n) is 29.2. The van der Waals surface area contributed by atoms with Gasteiger partial charge in [0.05, 0.1) is 25.4 Å². The largest absolute Gasteiger partial charge is 0.466 e. The lowest BCUT2D eigenvalue weighted by molar-refractivity contribution is -0.143. The van der Waals surface area contributed by atoms with Crippen LogP contribution in [0.25, 0.3) is 0 Å². The van der Waals surface area contributed by atoms with Crippen molar-refractivity contribution in [1.29, 1.82) is 0 Å². The van der Waals surface area contributed by atoms with E-state index in [0.29, 0.717) is 19.4 Å². The number of unbranched alkanes of at least 4 members (excludes halogenated alkanes) is 67. The number of hydrogen-bond acceptors (Lipinski definition) is 5. The van der Waals surface area contributed by atoms with Crippen molar-refractivity contribution in [2.45, 2.75) is 495 Å². The third kappa shape index (κ3) is 77.2. The molecule has 0 saturated heterocycles. The molecule has 0 aliphatic carbocycles. The summed E-state index contributed by atoms with van der Waals surface area (Å²) in [6, 6.07) is -0.626. The molecule has 0 saturated carbocycles. The van der Waals surface area contributed by atoms with E-state index in [9.17, 15) is 19.8 Å². The molecule has 0 aliphatic rings. The number of ether oxygens (including phenoxy) is 1. The van der Waals surface area contributed by atoms with Crippen LogP contribution >= 0.6 is 0 Å². The molecule has 0 fully saturated rings. The first kappa shape index (κ1) is 89.3. The van der Waals surface area contributed by atoms with Gasteiger partial charge in [-0.15, -0.1) is 0 Å². The molecule has 6 heteroatoms. The van der Waals surface area contributed by atoms with Crippen LogP contribution in [0.2, 0.25) is 0 Å². The minimum absolute atomic E-state index is 0.0238. The van der Waals surface area contributed by atoms with Gasteiger partial charge in [-0.25, -0.2) is 0 Å². The highest BCUT2D eigenvalue weighted by atomic mass is 16.5. The van der Waals surface area contributed by atoms with E-state index in [0.717, 1.165) is 38.5 Å². The smallest absolute Gasteiger partial charge is 0.305 e. The number of nitrogens with one attached hydrogen (secondary N) is 1. The van der Waals surface area contributed by atoms with Crippen molar-refractivity contribution in [3.05, 3.63) is 24.3 Å². The van der Waals surface area contributed by atoms with Crippen LogP contribution in [-0.4, -0.2) is 47.4 Å². The van der Waals surface area contributed by atoms with Crippen molar-refractivity contribution in [2.75, 3.05) is 13.2 Å². The zero-order valence-corrected chi connectivity index (χ0v) is 62.1. The van der Waals surface area contributed by atoms with Gasteiger partial charge in [0.1, 0.15) is 0 Å². The van der Waals surface area contributed by atoms with Crippen molar-refractivity contribution in [1.82, 2.24) is 5.32 Å². The van der Waals surface area contributed by atoms with Gasteiger partial charge in [0.2, 0.25) is 5.91 Å². The van der Waals surface area contributed by atoms with E-state index in [4.69, 9.17) is 4.74 Å². The van der Waals surface area contributed by atoms with Crippen LogP contribution in [0.3, 0.4) is 0 Å². The third-order valence-electron chi connectivity index (χ3n) is 20.0. The van der Waals surface area contributed by atoms with Gasteiger partial charge < -0.3 is 20.3 Å². The Hall–Kier alpha value is -1.66. The number of carbonyl (C=O) groups is 2. The Morgan fingerprint density at radius 1 is 0.297 bits per heavy atom. The zero-order valence-electron chi connectivity index (χ0n) is 62.1. The second-order valence-corrected chi connectivity index (χ2v) is 29.2. The van der Waals surface area contributed by atoms with E-state index in [1.54, 1.807) is 6.08 Å². The first-order valence-electron chi connectivity index (χ1n) is 42.1. The lowest BCUT2D eigenvalue weighted by atomic mass is 10.0. The van der Waals surface area contributed by atoms with Gasteiger partial charge >= 0.3 is 5.97 Å². The van der Waals surface area contributed by atoms with E-state index >= 15 is 0 Å². The maximum absolute atomic E-state index is 12.6. The molecule has 0 spiro atoms. The summed E-state index contributed by atoms with van der Waals surface area (Å²) < 4.78 is 5.50. The summed E-state index contributed by atoms with van der Waals surface area (Å²) in [6.07, 6.45) is 105. The fraction of sp³-hybridized carbons (Fsp3) is 0.929. The molecule has 0 aromatic rings. The summed E-state index contributed by atoms with van der Waals surface area (Å²) in [7, 11) is 0. The average molecular weight is 1280 g/mol. The Kier molecular flexibility index (Phi) is 79.3. The molecule has 91 heavy (non-hydrogen) atoms. The van der Waals surface area contributed by atoms with Crippen molar-refractivity contribution >= 4 is 11.9 Å². The Labute approximate surface area is 571 Å². The van der Waals surface area contributed by atoms with Crippen LogP contribution in [0.15, 0.2) is 24.3 Å². The SMILES string of the molecule is CCCCCCCCCCCCCCCCCCCCCCCC/C=C/C(O)C(CO)NC(=O)CCCCCCCCCCCCCCCCCCC/C=C\CCCCCCCCCCCCCCCCCCOC(=O)CCCCCCCCCCCCCCC. The first-order chi connectivity index (χ1) is 45.0. The van der Waals surface area contributed by atoms with Gasteiger partial charge in [-0.3, -0.25) is 9.59 Å². The molecule has 0 radical (unpaired) electrons. The highest BCUT2D eigenvalue weighted by Gasteiger charge is 2.18. The molecule has 0 aromatic carbocycles. The molecule has 0 heterocycles. The summed E-state index contributed by atoms with van der Waals surface area (Å²) in [4.78, 5) is 24.6. The standard InChI is InChI=1S/C85H165NO5/c1-3-5-7-9-11-13-15-17-18-19-20-21-22-38-41-44-47-50-54-57-61-65-69-73-77-83(88)82(81-87)86-84(89)78-74-70-66-62-58-55-51-48-45-42-39-36-34-32-30-28-26-24-23-25-27-29-31-33-35-37-40-43-46-49-52-56-60-64-68-72-76-80-91-85(90)79-75-71-67-63-59-53-16-14-12-10-8-6-4-2/h23,25,73,77,82-83,87-88H,3-22,24,26-72,74-76,78-81H2,1-2H3,(H,86,89)/b25-23-,77-73+. The molecule has 3 N–H and O–H groups in total. The Morgan fingerprint density at radius 3 is 0.780 bits per heavy atom. The summed E-state index contributed by atoms with van der Waals surface area (Å²) in [6.45, 7) is 4.96. The molecule has 2 atom stereocenters. The minimum Gasteiger partial charge on any atom is -0.466 e. The van der Waals surface area contributed by atoms with E-state index in [-0.39, 0.29) is 18.5 Å². The topological polar surface area (TPSA) is 95.9 Å². The maximum Gasteiger partial charge on any atom is 0.305 e. The van der Waals surface area contributed by atoms with Crippen molar-refractivity contribution < 1.29 is 24.5 Å². The van der Waals surface area contributed by atoms with Gasteiger partial charge in [0.25, 0.3) is 0 Å². The van der Waals surface area contributed by atoms with Gasteiger partial charge in [-0.2, -0.15) is 0 Å². The van der Waals surface area contributed by atoms with Crippen LogP contribution in [0, 0.1) is 0 Å². The molecular weight excluding hydrogens is 1110 g/mol. The Balaban J connectivity index is 3.35. The minimum atomic E-state index is -0.843. The molecule has 2 unspecified atom stereocenters. The van der Waals surface area contributed by atoms with Crippen molar-refractivity contribution in [3.8, 4) is 0 Å². The van der Waals surface area contributed by atoms with Crippen LogP contribution in [0.4, 0.5) is 0 Å². The second kappa shape index (κ2) is 80.8. The number of allylic oxidation sites excluding steroid dienone is 3. The number of carbonyl (C=O) groups excluding carboxylic acids is 2. The van der Waals surface area contributed by atoms with Crippen LogP contribution in [0.1, 0.15) is 483 Å². The number of aliphatic hydroxyl groups is 2. The maximum atomic E-state index is 12.6. The lowest BCUT2D eigenvalue weighted by Crippen LogP contribution is -2.45. The molecule has 0 aromatic heterocycles. The van der Waals surface area contributed by atoms with Crippen LogP contribution in [0.5, 0.6) is 0 Å². The third-order valence-corrected chi connectivity index (χ3v) is 20.0. The number of esters is 1. The van der Waals surface area contributed by atoms with E-state index in [1.807, 2.05) is 6.08 Å². The molecule has 0 aliphatic heterocycles. The Bertz CT molecular complexity index is 1430. The number of amides is 1. The highest BCUT2D eigenvalue weighted by Crippen LogP contribution is 2.20. The van der Waals surface area contributed by atoms with Crippen LogP contribution < -0.4 is 5.32 Å². The Morgan fingerprint density at radius 2 is 0.516 bits per heavy atom. The van der Waals surface area contributed by atoms with Gasteiger partial charge in [-0.1, -0.05) is 436 Å². The van der Waals surface area contributed by atoms with Gasteiger partial charge in [0.15, 0.2) is 0 Å². The number of hydrogen-bond donors (Lipinski definition) is 3. The fourth-order valence-electron chi connectivity index (χ4n) is 13.6. The van der Waals surface area contributed by atoms with Crippen molar-refractivity contribution in [3.63, 3.8) is 0 Å². The number of rotatable bonds is 80. The summed E-state index contributed by atoms with van der Waals surface area (Å²) in [5.41, 5.74) is 0. The average Bonchev–Trinajstić information content (AvgIpc) is 3.61. The molecule has 540 valence electrons.